The smallest absolute Gasteiger partial charge is 0.269 e. The number of aromatic nitrogens is 1. The zero-order chi connectivity index (χ0) is 13.9. The molecule has 2 saturated heterocycles. The highest BCUT2D eigenvalue weighted by atomic mass is 16.1. The minimum absolute atomic E-state index is 0.124. The van der Waals surface area contributed by atoms with Crippen LogP contribution in [0.4, 0.5) is 5.69 Å². The van der Waals surface area contributed by atoms with Crippen LogP contribution in [-0.4, -0.2) is 43.1 Å². The first-order valence-corrected chi connectivity index (χ1v) is 7.48. The molecular weight excluding hydrogens is 252 g/mol. The summed E-state index contributed by atoms with van der Waals surface area (Å²) in [5.74, 6) is -0.124. The lowest BCUT2D eigenvalue weighted by Gasteiger charge is -2.31. The van der Waals surface area contributed by atoms with E-state index in [2.05, 4.69) is 20.5 Å². The van der Waals surface area contributed by atoms with Crippen LogP contribution in [0.3, 0.4) is 0 Å². The Bertz CT molecular complexity index is 485. The zero-order valence-corrected chi connectivity index (χ0v) is 11.9. The van der Waals surface area contributed by atoms with E-state index in [1.54, 1.807) is 13.2 Å². The van der Waals surface area contributed by atoms with Crippen molar-refractivity contribution in [3.8, 4) is 0 Å². The SMILES string of the molecule is CNC(=O)c1cc(N2CCCC2C2CCCN2)ccn1. The molecule has 2 N–H and O–H groups in total. The van der Waals surface area contributed by atoms with Gasteiger partial charge >= 0.3 is 0 Å². The quantitative estimate of drug-likeness (QED) is 0.868. The molecule has 1 aromatic rings. The van der Waals surface area contributed by atoms with Crippen molar-refractivity contribution in [2.24, 2.45) is 0 Å². The molecule has 2 aliphatic rings. The standard InChI is InChI=1S/C15H22N4O/c1-16-15(20)13-10-11(6-8-18-13)19-9-3-5-14(19)12-4-2-7-17-12/h6,8,10,12,14,17H,2-5,7,9H2,1H3,(H,16,20). The molecule has 0 spiro atoms. The van der Waals surface area contributed by atoms with Crippen LogP contribution in [0.15, 0.2) is 18.3 Å². The molecule has 0 aliphatic carbocycles. The molecule has 0 saturated carbocycles. The monoisotopic (exact) mass is 274 g/mol. The second-order valence-corrected chi connectivity index (χ2v) is 5.58. The number of rotatable bonds is 3. The van der Waals surface area contributed by atoms with Gasteiger partial charge < -0.3 is 15.5 Å². The number of hydrogen-bond acceptors (Lipinski definition) is 4. The molecule has 2 aliphatic heterocycles. The first kappa shape index (κ1) is 13.4. The van der Waals surface area contributed by atoms with Crippen LogP contribution >= 0.6 is 0 Å². The van der Waals surface area contributed by atoms with E-state index in [4.69, 9.17) is 0 Å². The van der Waals surface area contributed by atoms with Gasteiger partial charge in [-0.05, 0) is 44.4 Å². The van der Waals surface area contributed by atoms with Gasteiger partial charge in [0.2, 0.25) is 0 Å². The summed E-state index contributed by atoms with van der Waals surface area (Å²) in [4.78, 5) is 18.3. The highest BCUT2D eigenvalue weighted by molar-refractivity contribution is 5.92. The van der Waals surface area contributed by atoms with Gasteiger partial charge in [-0.2, -0.15) is 0 Å². The lowest BCUT2D eigenvalue weighted by atomic mass is 10.0. The maximum Gasteiger partial charge on any atom is 0.269 e. The number of nitrogens with one attached hydrogen (secondary N) is 2. The molecule has 2 fully saturated rings. The van der Waals surface area contributed by atoms with Gasteiger partial charge in [0.05, 0.1) is 0 Å². The Morgan fingerprint density at radius 1 is 1.45 bits per heavy atom. The van der Waals surface area contributed by atoms with Crippen LogP contribution < -0.4 is 15.5 Å². The van der Waals surface area contributed by atoms with Crippen LogP contribution in [0.5, 0.6) is 0 Å². The average molecular weight is 274 g/mol. The second-order valence-electron chi connectivity index (χ2n) is 5.58. The molecule has 3 heterocycles. The Morgan fingerprint density at radius 2 is 2.35 bits per heavy atom. The topological polar surface area (TPSA) is 57.3 Å². The largest absolute Gasteiger partial charge is 0.367 e. The summed E-state index contributed by atoms with van der Waals surface area (Å²) in [5, 5.41) is 6.24. The van der Waals surface area contributed by atoms with Crippen molar-refractivity contribution in [2.45, 2.75) is 37.8 Å². The normalized spacial score (nSPS) is 25.9. The van der Waals surface area contributed by atoms with E-state index in [1.807, 2.05) is 12.1 Å². The van der Waals surface area contributed by atoms with Crippen molar-refractivity contribution >= 4 is 11.6 Å². The molecule has 0 aromatic carbocycles. The molecule has 5 heteroatoms. The maximum absolute atomic E-state index is 11.7. The highest BCUT2D eigenvalue weighted by Gasteiger charge is 2.33. The zero-order valence-electron chi connectivity index (χ0n) is 11.9. The van der Waals surface area contributed by atoms with E-state index in [1.165, 1.54) is 25.7 Å². The third kappa shape index (κ3) is 2.50. The average Bonchev–Trinajstić information content (AvgIpc) is 3.16. The molecule has 5 nitrogen and oxygen atoms in total. The third-order valence-corrected chi connectivity index (χ3v) is 4.40. The first-order valence-electron chi connectivity index (χ1n) is 7.48. The van der Waals surface area contributed by atoms with Crippen LogP contribution in [0.1, 0.15) is 36.2 Å². The van der Waals surface area contributed by atoms with E-state index in [9.17, 15) is 4.79 Å². The summed E-state index contributed by atoms with van der Waals surface area (Å²) in [7, 11) is 1.64. The Labute approximate surface area is 119 Å². The number of carbonyl (C=O) groups excluding carboxylic acids is 1. The summed E-state index contributed by atoms with van der Waals surface area (Å²) < 4.78 is 0. The Kier molecular flexibility index (Phi) is 3.87. The maximum atomic E-state index is 11.7. The predicted octanol–water partition coefficient (Wildman–Crippen LogP) is 1.16. The van der Waals surface area contributed by atoms with Crippen molar-refractivity contribution in [3.63, 3.8) is 0 Å². The lowest BCUT2D eigenvalue weighted by Crippen LogP contribution is -2.44. The van der Waals surface area contributed by atoms with Crippen molar-refractivity contribution in [1.82, 2.24) is 15.6 Å². The Hall–Kier alpha value is -1.62. The lowest BCUT2D eigenvalue weighted by molar-refractivity contribution is 0.0958. The van der Waals surface area contributed by atoms with Crippen LogP contribution in [0.2, 0.25) is 0 Å². The fraction of sp³-hybridized carbons (Fsp3) is 0.600. The van der Waals surface area contributed by atoms with E-state index < -0.39 is 0 Å². The van der Waals surface area contributed by atoms with E-state index in [0.717, 1.165) is 18.8 Å². The molecule has 3 rings (SSSR count). The van der Waals surface area contributed by atoms with Crippen molar-refractivity contribution in [3.05, 3.63) is 24.0 Å². The van der Waals surface area contributed by atoms with Crippen LogP contribution in [0.25, 0.3) is 0 Å². The Balaban J connectivity index is 1.82. The van der Waals surface area contributed by atoms with Crippen molar-refractivity contribution in [2.75, 3.05) is 25.0 Å². The van der Waals surface area contributed by atoms with Crippen molar-refractivity contribution in [1.29, 1.82) is 0 Å². The second kappa shape index (κ2) is 5.79. The fourth-order valence-electron chi connectivity index (χ4n) is 3.42. The number of hydrogen-bond donors (Lipinski definition) is 2. The van der Waals surface area contributed by atoms with Gasteiger partial charge in [-0.25, -0.2) is 0 Å². The van der Waals surface area contributed by atoms with Crippen molar-refractivity contribution < 1.29 is 4.79 Å². The number of nitrogens with zero attached hydrogens (tertiary/aromatic N) is 2. The molecule has 1 amide bonds. The molecule has 0 radical (unpaired) electrons. The van der Waals surface area contributed by atoms with Gasteiger partial charge in [0.1, 0.15) is 5.69 Å². The Morgan fingerprint density at radius 3 is 3.10 bits per heavy atom. The van der Waals surface area contributed by atoms with Gasteiger partial charge in [-0.15, -0.1) is 0 Å². The minimum atomic E-state index is -0.124. The molecule has 0 bridgehead atoms. The van der Waals surface area contributed by atoms with Crippen LogP contribution in [-0.2, 0) is 0 Å². The summed E-state index contributed by atoms with van der Waals surface area (Å²) >= 11 is 0. The first-order chi connectivity index (χ1) is 9.79. The molecule has 2 unspecified atom stereocenters. The molecule has 20 heavy (non-hydrogen) atoms. The number of pyridine rings is 1. The summed E-state index contributed by atoms with van der Waals surface area (Å²) in [6.07, 6.45) is 6.72. The third-order valence-electron chi connectivity index (χ3n) is 4.40. The summed E-state index contributed by atoms with van der Waals surface area (Å²) in [6.45, 7) is 2.20. The van der Waals surface area contributed by atoms with E-state index in [-0.39, 0.29) is 5.91 Å². The molecule has 2 atom stereocenters. The van der Waals surface area contributed by atoms with Gasteiger partial charge in [0, 0.05) is 37.6 Å². The number of amides is 1. The van der Waals surface area contributed by atoms with Gasteiger partial charge in [0.25, 0.3) is 5.91 Å². The molecule has 108 valence electrons. The highest BCUT2D eigenvalue weighted by Crippen LogP contribution is 2.30. The summed E-state index contributed by atoms with van der Waals surface area (Å²) in [5.41, 5.74) is 1.62. The van der Waals surface area contributed by atoms with Gasteiger partial charge in [-0.3, -0.25) is 9.78 Å². The predicted molar refractivity (Wildman–Crippen MR) is 79.0 cm³/mol. The van der Waals surface area contributed by atoms with E-state index in [0.29, 0.717) is 17.8 Å². The van der Waals surface area contributed by atoms with Gasteiger partial charge in [0.15, 0.2) is 0 Å². The summed E-state index contributed by atoms with van der Waals surface area (Å²) in [6, 6.07) is 5.07. The van der Waals surface area contributed by atoms with Gasteiger partial charge in [-0.1, -0.05) is 0 Å². The number of anilines is 1. The molecule has 1 aromatic heterocycles. The van der Waals surface area contributed by atoms with Crippen LogP contribution in [0, 0.1) is 0 Å². The fourth-order valence-corrected chi connectivity index (χ4v) is 3.42. The molecular formula is C15H22N4O. The minimum Gasteiger partial charge on any atom is -0.367 e. The van der Waals surface area contributed by atoms with E-state index >= 15 is 0 Å². The number of carbonyl (C=O) groups is 1.